The van der Waals surface area contributed by atoms with Gasteiger partial charge in [-0.1, -0.05) is 37.6 Å². The highest BCUT2D eigenvalue weighted by atomic mass is 16.5. The highest BCUT2D eigenvalue weighted by molar-refractivity contribution is 5.91. The smallest absolute Gasteiger partial charge is 0.338 e. The van der Waals surface area contributed by atoms with E-state index in [9.17, 15) is 4.79 Å². The molecule has 1 aromatic heterocycles. The molecule has 0 aliphatic heterocycles. The first-order chi connectivity index (χ1) is 12.1. The number of rotatable bonds is 6. The Morgan fingerprint density at radius 1 is 1.20 bits per heavy atom. The Labute approximate surface area is 148 Å². The van der Waals surface area contributed by atoms with Crippen molar-refractivity contribution in [2.45, 2.75) is 39.7 Å². The third-order valence-electron chi connectivity index (χ3n) is 4.52. The van der Waals surface area contributed by atoms with Crippen LogP contribution in [-0.4, -0.2) is 22.6 Å². The number of nitrogens with zero attached hydrogens (tertiary/aromatic N) is 2. The van der Waals surface area contributed by atoms with Gasteiger partial charge in [0.2, 0.25) is 0 Å². The molecule has 0 unspecified atom stereocenters. The van der Waals surface area contributed by atoms with Crippen LogP contribution in [0.25, 0.3) is 11.0 Å². The number of unbranched alkanes of at least 4 members (excludes halogenated alkanes) is 1. The largest absolute Gasteiger partial charge is 0.465 e. The number of hydrogen-bond acceptors (Lipinski definition) is 3. The molecule has 3 aromatic rings. The fourth-order valence-electron chi connectivity index (χ4n) is 3.17. The number of aromatic nitrogens is 2. The average Bonchev–Trinajstić information content (AvgIpc) is 2.97. The molecular formula is C21H24N2O2. The van der Waals surface area contributed by atoms with Crippen LogP contribution < -0.4 is 0 Å². The quantitative estimate of drug-likeness (QED) is 0.622. The van der Waals surface area contributed by atoms with Crippen LogP contribution in [0.4, 0.5) is 0 Å². The number of para-hydroxylation sites is 2. The maximum atomic E-state index is 11.8. The third-order valence-corrected chi connectivity index (χ3v) is 4.52. The summed E-state index contributed by atoms with van der Waals surface area (Å²) in [6.07, 6.45) is 3.25. The van der Waals surface area contributed by atoms with Crippen LogP contribution in [0.15, 0.2) is 42.5 Å². The van der Waals surface area contributed by atoms with E-state index in [1.807, 2.05) is 25.1 Å². The van der Waals surface area contributed by atoms with Crippen LogP contribution in [0.1, 0.15) is 47.1 Å². The molecule has 0 aliphatic carbocycles. The van der Waals surface area contributed by atoms with Gasteiger partial charge in [0.25, 0.3) is 0 Å². The molecule has 0 bridgehead atoms. The molecule has 0 aliphatic rings. The lowest BCUT2D eigenvalue weighted by Gasteiger charge is -2.11. The van der Waals surface area contributed by atoms with Gasteiger partial charge in [0.05, 0.1) is 23.7 Å². The zero-order valence-corrected chi connectivity index (χ0v) is 15.1. The lowest BCUT2D eigenvalue weighted by atomic mass is 10.0. The standard InChI is InChI=1S/C21H24N2O2/c1-4-5-10-20-22-18-8-6-7-9-19(18)23(20)14-16-11-12-17(15(2)13-16)21(24)25-3/h6-9,11-13H,4-5,10,14H2,1-3H3. The summed E-state index contributed by atoms with van der Waals surface area (Å²) in [7, 11) is 1.41. The van der Waals surface area contributed by atoms with Gasteiger partial charge in [0.15, 0.2) is 0 Å². The summed E-state index contributed by atoms with van der Waals surface area (Å²) in [4.78, 5) is 16.6. The molecule has 2 aromatic carbocycles. The third kappa shape index (κ3) is 3.58. The molecule has 0 saturated heterocycles. The van der Waals surface area contributed by atoms with Gasteiger partial charge in [0, 0.05) is 13.0 Å². The molecule has 4 nitrogen and oxygen atoms in total. The Bertz CT molecular complexity index is 896. The van der Waals surface area contributed by atoms with Crippen LogP contribution in [0.3, 0.4) is 0 Å². The zero-order chi connectivity index (χ0) is 17.8. The second-order valence-corrected chi connectivity index (χ2v) is 6.35. The number of aryl methyl sites for hydroxylation is 2. The van der Waals surface area contributed by atoms with E-state index in [2.05, 4.69) is 35.8 Å². The molecule has 0 fully saturated rings. The summed E-state index contributed by atoms with van der Waals surface area (Å²) in [5, 5.41) is 0. The number of esters is 1. The van der Waals surface area contributed by atoms with Gasteiger partial charge in [-0.2, -0.15) is 0 Å². The van der Waals surface area contributed by atoms with Crippen molar-refractivity contribution in [3.8, 4) is 0 Å². The van der Waals surface area contributed by atoms with E-state index >= 15 is 0 Å². The van der Waals surface area contributed by atoms with E-state index in [-0.39, 0.29) is 5.97 Å². The number of carbonyl (C=O) groups is 1. The second kappa shape index (κ2) is 7.51. The number of hydrogen-bond donors (Lipinski definition) is 0. The number of fused-ring (bicyclic) bond motifs is 1. The molecule has 4 heteroatoms. The first-order valence-electron chi connectivity index (χ1n) is 8.76. The first-order valence-corrected chi connectivity index (χ1v) is 8.76. The van der Waals surface area contributed by atoms with Gasteiger partial charge in [-0.25, -0.2) is 9.78 Å². The van der Waals surface area contributed by atoms with Crippen LogP contribution in [0.5, 0.6) is 0 Å². The molecule has 25 heavy (non-hydrogen) atoms. The molecule has 0 amide bonds. The Kier molecular flexibility index (Phi) is 5.17. The number of benzene rings is 2. The molecule has 0 atom stereocenters. The van der Waals surface area contributed by atoms with E-state index in [4.69, 9.17) is 9.72 Å². The summed E-state index contributed by atoms with van der Waals surface area (Å²) in [5.74, 6) is 0.832. The molecule has 3 rings (SSSR count). The van der Waals surface area contributed by atoms with E-state index < -0.39 is 0 Å². The van der Waals surface area contributed by atoms with Crippen LogP contribution in [-0.2, 0) is 17.7 Å². The minimum absolute atomic E-state index is 0.291. The number of carbonyl (C=O) groups excluding carboxylic acids is 1. The maximum Gasteiger partial charge on any atom is 0.338 e. The minimum atomic E-state index is -0.291. The SMILES string of the molecule is CCCCc1nc2ccccc2n1Cc1ccc(C(=O)OC)c(C)c1. The lowest BCUT2D eigenvalue weighted by Crippen LogP contribution is -2.08. The van der Waals surface area contributed by atoms with E-state index in [0.717, 1.165) is 53.8 Å². The van der Waals surface area contributed by atoms with Gasteiger partial charge in [-0.15, -0.1) is 0 Å². The average molecular weight is 336 g/mol. The second-order valence-electron chi connectivity index (χ2n) is 6.35. The monoisotopic (exact) mass is 336 g/mol. The highest BCUT2D eigenvalue weighted by Gasteiger charge is 2.13. The Morgan fingerprint density at radius 3 is 2.72 bits per heavy atom. The predicted octanol–water partition coefficient (Wildman–Crippen LogP) is 4.52. The van der Waals surface area contributed by atoms with Crippen molar-refractivity contribution in [1.82, 2.24) is 9.55 Å². The summed E-state index contributed by atoms with van der Waals surface area (Å²) in [6, 6.07) is 14.2. The fraction of sp³-hybridized carbons (Fsp3) is 0.333. The summed E-state index contributed by atoms with van der Waals surface area (Å²) >= 11 is 0. The van der Waals surface area contributed by atoms with Gasteiger partial charge in [0.1, 0.15) is 5.82 Å². The first kappa shape index (κ1) is 17.2. The van der Waals surface area contributed by atoms with Gasteiger partial charge in [-0.3, -0.25) is 0 Å². The lowest BCUT2D eigenvalue weighted by molar-refractivity contribution is 0.0600. The van der Waals surface area contributed by atoms with Crippen molar-refractivity contribution in [1.29, 1.82) is 0 Å². The van der Waals surface area contributed by atoms with Crippen molar-refractivity contribution in [3.63, 3.8) is 0 Å². The molecule has 0 N–H and O–H groups in total. The van der Waals surface area contributed by atoms with Crippen molar-refractivity contribution < 1.29 is 9.53 Å². The Morgan fingerprint density at radius 2 is 2.00 bits per heavy atom. The predicted molar refractivity (Wildman–Crippen MR) is 100.0 cm³/mol. The summed E-state index contributed by atoms with van der Waals surface area (Å²) in [5.41, 5.74) is 4.91. The minimum Gasteiger partial charge on any atom is -0.465 e. The van der Waals surface area contributed by atoms with E-state index in [1.165, 1.54) is 7.11 Å². The van der Waals surface area contributed by atoms with E-state index in [0.29, 0.717) is 5.56 Å². The van der Waals surface area contributed by atoms with Crippen LogP contribution >= 0.6 is 0 Å². The topological polar surface area (TPSA) is 44.1 Å². The van der Waals surface area contributed by atoms with Crippen molar-refractivity contribution in [2.75, 3.05) is 7.11 Å². The molecule has 130 valence electrons. The molecule has 1 heterocycles. The number of imidazole rings is 1. The van der Waals surface area contributed by atoms with Crippen LogP contribution in [0.2, 0.25) is 0 Å². The Balaban J connectivity index is 1.96. The summed E-state index contributed by atoms with van der Waals surface area (Å²) in [6.45, 7) is 4.89. The normalized spacial score (nSPS) is 11.0. The molecule has 0 radical (unpaired) electrons. The molecule has 0 saturated carbocycles. The maximum absolute atomic E-state index is 11.8. The highest BCUT2D eigenvalue weighted by Crippen LogP contribution is 2.21. The number of methoxy groups -OCH3 is 1. The Hall–Kier alpha value is -2.62. The van der Waals surface area contributed by atoms with Crippen LogP contribution in [0, 0.1) is 6.92 Å². The van der Waals surface area contributed by atoms with Crippen molar-refractivity contribution in [3.05, 3.63) is 65.0 Å². The zero-order valence-electron chi connectivity index (χ0n) is 15.1. The fourth-order valence-corrected chi connectivity index (χ4v) is 3.17. The van der Waals surface area contributed by atoms with E-state index in [1.54, 1.807) is 0 Å². The summed E-state index contributed by atoms with van der Waals surface area (Å²) < 4.78 is 7.12. The van der Waals surface area contributed by atoms with Gasteiger partial charge < -0.3 is 9.30 Å². The van der Waals surface area contributed by atoms with Gasteiger partial charge >= 0.3 is 5.97 Å². The molecular weight excluding hydrogens is 312 g/mol. The van der Waals surface area contributed by atoms with Crippen molar-refractivity contribution in [2.24, 2.45) is 0 Å². The molecule has 0 spiro atoms. The van der Waals surface area contributed by atoms with Crippen molar-refractivity contribution >= 4 is 17.0 Å². The van der Waals surface area contributed by atoms with Gasteiger partial charge in [-0.05, 0) is 42.7 Å². The number of ether oxygens (including phenoxy) is 1.